The SMILES string of the molecule is Cc1c(=O)n(Cc2ccc(F)c(Br)c2)c(=O)n2cc(C(=O)O)sc12. The molecule has 6 nitrogen and oxygen atoms in total. The van der Waals surface area contributed by atoms with Crippen molar-refractivity contribution in [3.63, 3.8) is 0 Å². The zero-order chi connectivity index (χ0) is 17.6. The van der Waals surface area contributed by atoms with Crippen molar-refractivity contribution in [1.29, 1.82) is 0 Å². The van der Waals surface area contributed by atoms with E-state index in [4.69, 9.17) is 5.11 Å². The predicted molar refractivity (Wildman–Crippen MR) is 90.7 cm³/mol. The molecule has 0 bridgehead atoms. The van der Waals surface area contributed by atoms with Crippen molar-refractivity contribution in [2.75, 3.05) is 0 Å². The molecule has 24 heavy (non-hydrogen) atoms. The maximum absolute atomic E-state index is 13.3. The Bertz CT molecular complexity index is 1100. The molecule has 1 aromatic carbocycles. The highest BCUT2D eigenvalue weighted by Gasteiger charge is 2.17. The molecule has 0 saturated carbocycles. The number of nitrogens with zero attached hydrogens (tertiary/aromatic N) is 2. The molecule has 0 fully saturated rings. The van der Waals surface area contributed by atoms with Crippen LogP contribution < -0.4 is 11.2 Å². The highest BCUT2D eigenvalue weighted by Crippen LogP contribution is 2.19. The van der Waals surface area contributed by atoms with Gasteiger partial charge in [-0.3, -0.25) is 13.8 Å². The van der Waals surface area contributed by atoms with E-state index >= 15 is 0 Å². The zero-order valence-electron chi connectivity index (χ0n) is 12.2. The van der Waals surface area contributed by atoms with E-state index in [0.29, 0.717) is 10.4 Å². The van der Waals surface area contributed by atoms with Crippen LogP contribution in [0.1, 0.15) is 20.8 Å². The first kappa shape index (κ1) is 16.6. The lowest BCUT2D eigenvalue weighted by molar-refractivity contribution is 0.0701. The lowest BCUT2D eigenvalue weighted by Crippen LogP contribution is -2.38. The average molecular weight is 413 g/mol. The Hall–Kier alpha value is -2.26. The minimum Gasteiger partial charge on any atom is -0.477 e. The summed E-state index contributed by atoms with van der Waals surface area (Å²) in [5.41, 5.74) is -0.284. The van der Waals surface area contributed by atoms with Gasteiger partial charge in [0.15, 0.2) is 0 Å². The minimum atomic E-state index is -1.16. The van der Waals surface area contributed by atoms with Crippen molar-refractivity contribution >= 4 is 38.1 Å². The largest absolute Gasteiger partial charge is 0.477 e. The summed E-state index contributed by atoms with van der Waals surface area (Å²) >= 11 is 3.93. The molecule has 0 radical (unpaired) electrons. The van der Waals surface area contributed by atoms with Crippen molar-refractivity contribution in [3.8, 4) is 0 Å². The molecule has 2 aromatic heterocycles. The Morgan fingerprint density at radius 1 is 1.38 bits per heavy atom. The molecule has 0 amide bonds. The fraction of sp³-hybridized carbons (Fsp3) is 0.133. The lowest BCUT2D eigenvalue weighted by Gasteiger charge is -2.08. The number of hydrogen-bond donors (Lipinski definition) is 1. The molecule has 3 rings (SSSR count). The number of carboxylic acid groups (broad SMARTS) is 1. The van der Waals surface area contributed by atoms with Crippen LogP contribution in [0, 0.1) is 12.7 Å². The Morgan fingerprint density at radius 2 is 2.08 bits per heavy atom. The average Bonchev–Trinajstić information content (AvgIpc) is 2.99. The van der Waals surface area contributed by atoms with Crippen LogP contribution in [0.2, 0.25) is 0 Å². The van der Waals surface area contributed by atoms with E-state index in [-0.39, 0.29) is 21.5 Å². The Morgan fingerprint density at radius 3 is 2.71 bits per heavy atom. The molecule has 124 valence electrons. The van der Waals surface area contributed by atoms with Crippen molar-refractivity contribution in [3.05, 3.63) is 71.5 Å². The van der Waals surface area contributed by atoms with Crippen LogP contribution in [0.3, 0.4) is 0 Å². The van der Waals surface area contributed by atoms with Crippen LogP contribution in [0.15, 0.2) is 38.5 Å². The second kappa shape index (κ2) is 5.99. The first-order chi connectivity index (χ1) is 11.3. The Kier molecular flexibility index (Phi) is 4.14. The van der Waals surface area contributed by atoms with Gasteiger partial charge >= 0.3 is 11.7 Å². The van der Waals surface area contributed by atoms with Gasteiger partial charge in [0.1, 0.15) is 15.5 Å². The molecule has 0 atom stereocenters. The quantitative estimate of drug-likeness (QED) is 0.716. The standard InChI is InChI=1S/C15H10BrFN2O4S/c1-7-12(20)18(5-8-2-3-10(17)9(16)4-8)15(23)19-6-11(14(21)22)24-13(7)19/h2-4,6H,5H2,1H3,(H,21,22). The number of rotatable bonds is 3. The van der Waals surface area contributed by atoms with Crippen molar-refractivity contribution < 1.29 is 14.3 Å². The van der Waals surface area contributed by atoms with Crippen molar-refractivity contribution in [1.82, 2.24) is 8.97 Å². The summed E-state index contributed by atoms with van der Waals surface area (Å²) in [7, 11) is 0. The van der Waals surface area contributed by atoms with E-state index in [9.17, 15) is 18.8 Å². The van der Waals surface area contributed by atoms with E-state index < -0.39 is 23.0 Å². The van der Waals surface area contributed by atoms with Gasteiger partial charge < -0.3 is 5.11 Å². The maximum Gasteiger partial charge on any atom is 0.347 e. The third-order valence-corrected chi connectivity index (χ3v) is 5.33. The summed E-state index contributed by atoms with van der Waals surface area (Å²) in [5.74, 6) is -1.61. The number of aromatic carboxylic acids is 1. The van der Waals surface area contributed by atoms with Gasteiger partial charge in [-0.05, 0) is 40.5 Å². The number of carbonyl (C=O) groups is 1. The fourth-order valence-electron chi connectivity index (χ4n) is 2.32. The molecule has 0 unspecified atom stereocenters. The maximum atomic E-state index is 13.3. The van der Waals surface area contributed by atoms with E-state index in [1.54, 1.807) is 0 Å². The molecular weight excluding hydrogens is 403 g/mol. The number of aryl methyl sites for hydroxylation is 1. The smallest absolute Gasteiger partial charge is 0.347 e. The summed E-state index contributed by atoms with van der Waals surface area (Å²) in [4.78, 5) is 36.4. The number of carboxylic acids is 1. The number of thiazole rings is 1. The first-order valence-corrected chi connectivity index (χ1v) is 8.33. The number of benzene rings is 1. The lowest BCUT2D eigenvalue weighted by atomic mass is 10.2. The number of hydrogen-bond acceptors (Lipinski definition) is 4. The number of fused-ring (bicyclic) bond motifs is 1. The van der Waals surface area contributed by atoms with E-state index in [0.717, 1.165) is 20.3 Å². The van der Waals surface area contributed by atoms with Gasteiger partial charge in [0, 0.05) is 11.8 Å². The molecule has 0 aliphatic carbocycles. The first-order valence-electron chi connectivity index (χ1n) is 6.72. The zero-order valence-corrected chi connectivity index (χ0v) is 14.6. The van der Waals surface area contributed by atoms with Gasteiger partial charge in [-0.25, -0.2) is 14.0 Å². The van der Waals surface area contributed by atoms with Gasteiger partial charge in [0.25, 0.3) is 5.56 Å². The van der Waals surface area contributed by atoms with Crippen LogP contribution in [-0.2, 0) is 6.54 Å². The summed E-state index contributed by atoms with van der Waals surface area (Å²) in [6.45, 7) is 1.49. The second-order valence-electron chi connectivity index (χ2n) is 5.12. The van der Waals surface area contributed by atoms with E-state index in [1.165, 1.54) is 31.3 Å². The molecular formula is C15H10BrFN2O4S. The Balaban J connectivity index is 2.21. The fourth-order valence-corrected chi connectivity index (χ4v) is 3.67. The van der Waals surface area contributed by atoms with Gasteiger partial charge in [-0.2, -0.15) is 0 Å². The molecule has 3 aromatic rings. The molecule has 0 spiro atoms. The highest BCUT2D eigenvalue weighted by molar-refractivity contribution is 9.10. The van der Waals surface area contributed by atoms with Gasteiger partial charge in [0.05, 0.1) is 11.0 Å². The minimum absolute atomic E-state index is 0.0307. The van der Waals surface area contributed by atoms with Crippen LogP contribution in [0.25, 0.3) is 4.83 Å². The second-order valence-corrected chi connectivity index (χ2v) is 7.01. The molecule has 0 aliphatic rings. The van der Waals surface area contributed by atoms with Crippen LogP contribution >= 0.6 is 27.3 Å². The van der Waals surface area contributed by atoms with E-state index in [1.807, 2.05) is 0 Å². The molecule has 1 N–H and O–H groups in total. The third-order valence-electron chi connectivity index (χ3n) is 3.53. The topological polar surface area (TPSA) is 80.8 Å². The number of aromatic nitrogens is 2. The van der Waals surface area contributed by atoms with Crippen LogP contribution in [0.4, 0.5) is 4.39 Å². The van der Waals surface area contributed by atoms with Crippen molar-refractivity contribution in [2.45, 2.75) is 13.5 Å². The molecule has 9 heteroatoms. The summed E-state index contributed by atoms with van der Waals surface area (Å²) in [5, 5.41) is 9.07. The molecule has 0 aliphatic heterocycles. The number of halogens is 2. The highest BCUT2D eigenvalue weighted by atomic mass is 79.9. The van der Waals surface area contributed by atoms with Crippen LogP contribution in [0.5, 0.6) is 0 Å². The van der Waals surface area contributed by atoms with Crippen LogP contribution in [-0.4, -0.2) is 20.0 Å². The molecule has 0 saturated heterocycles. The van der Waals surface area contributed by atoms with Gasteiger partial charge in [0.2, 0.25) is 0 Å². The normalized spacial score (nSPS) is 11.1. The van der Waals surface area contributed by atoms with E-state index in [2.05, 4.69) is 15.9 Å². The predicted octanol–water partition coefficient (Wildman–Crippen LogP) is 2.48. The van der Waals surface area contributed by atoms with Crippen molar-refractivity contribution in [2.24, 2.45) is 0 Å². The molecule has 2 heterocycles. The Labute approximate surface area is 146 Å². The monoisotopic (exact) mass is 412 g/mol. The summed E-state index contributed by atoms with van der Waals surface area (Å²) in [6, 6.07) is 4.20. The summed E-state index contributed by atoms with van der Waals surface area (Å²) in [6.07, 6.45) is 1.20. The third kappa shape index (κ3) is 2.69. The van der Waals surface area contributed by atoms with Gasteiger partial charge in [-0.15, -0.1) is 11.3 Å². The van der Waals surface area contributed by atoms with Gasteiger partial charge in [-0.1, -0.05) is 6.07 Å². The summed E-state index contributed by atoms with van der Waals surface area (Å²) < 4.78 is 15.7.